The van der Waals surface area contributed by atoms with Gasteiger partial charge in [-0.25, -0.2) is 4.98 Å². The molecule has 0 fully saturated rings. The van der Waals surface area contributed by atoms with Crippen LogP contribution in [0.5, 0.6) is 11.5 Å². The molecule has 124 valence electrons. The van der Waals surface area contributed by atoms with Crippen LogP contribution in [0.25, 0.3) is 5.65 Å². The highest BCUT2D eigenvalue weighted by atomic mass is 16.5. The Morgan fingerprint density at radius 1 is 0.960 bits per heavy atom. The molecule has 5 nitrogen and oxygen atoms in total. The number of rotatable bonds is 5. The van der Waals surface area contributed by atoms with Crippen LogP contribution >= 0.6 is 0 Å². The zero-order valence-electron chi connectivity index (χ0n) is 13.9. The van der Waals surface area contributed by atoms with Crippen molar-refractivity contribution in [2.24, 2.45) is 0 Å². The summed E-state index contributed by atoms with van der Waals surface area (Å²) in [5.74, 6) is 2.51. The first kappa shape index (κ1) is 15.2. The van der Waals surface area contributed by atoms with Gasteiger partial charge in [-0.15, -0.1) is 0 Å². The third kappa shape index (κ3) is 3.30. The molecule has 2 heterocycles. The number of para-hydroxylation sites is 1. The third-order valence-electron chi connectivity index (χ3n) is 3.88. The Morgan fingerprint density at radius 3 is 2.48 bits per heavy atom. The molecule has 0 aliphatic heterocycles. The predicted octanol–water partition coefficient (Wildman–Crippen LogP) is 4.83. The number of aryl methyl sites for hydroxylation is 1. The molecule has 0 aliphatic rings. The monoisotopic (exact) mass is 330 g/mol. The summed E-state index contributed by atoms with van der Waals surface area (Å²) in [7, 11) is 0. The summed E-state index contributed by atoms with van der Waals surface area (Å²) in [6, 6.07) is 21.5. The molecule has 0 atom stereocenters. The molecule has 0 radical (unpaired) electrons. The van der Waals surface area contributed by atoms with Crippen molar-refractivity contribution in [3.8, 4) is 11.5 Å². The fourth-order valence-corrected chi connectivity index (χ4v) is 2.61. The first-order chi connectivity index (χ1) is 12.3. The summed E-state index contributed by atoms with van der Waals surface area (Å²) in [5.41, 5.74) is 2.83. The van der Waals surface area contributed by atoms with E-state index in [4.69, 9.17) is 4.74 Å². The van der Waals surface area contributed by atoms with Gasteiger partial charge in [0.15, 0.2) is 5.65 Å². The highest BCUT2D eigenvalue weighted by Gasteiger charge is 2.06. The summed E-state index contributed by atoms with van der Waals surface area (Å²) in [6.07, 6.45) is 2.63. The molecule has 0 unspecified atom stereocenters. The van der Waals surface area contributed by atoms with E-state index in [9.17, 15) is 0 Å². The van der Waals surface area contributed by atoms with Crippen LogP contribution in [0.2, 0.25) is 0 Å². The van der Waals surface area contributed by atoms with Gasteiger partial charge in [0.2, 0.25) is 0 Å². The lowest BCUT2D eigenvalue weighted by Crippen LogP contribution is -2.03. The predicted molar refractivity (Wildman–Crippen MR) is 98.6 cm³/mol. The molecule has 1 N–H and O–H groups in total. The van der Waals surface area contributed by atoms with E-state index < -0.39 is 0 Å². The van der Waals surface area contributed by atoms with Gasteiger partial charge < -0.3 is 10.1 Å². The molecule has 25 heavy (non-hydrogen) atoms. The molecule has 0 aliphatic carbocycles. The molecule has 0 spiro atoms. The highest BCUT2D eigenvalue weighted by Crippen LogP contribution is 2.24. The SMILES string of the molecule is CCc1cc(Nc2ccc(Oc3ccccc3)cc2)n2nccc2n1. The van der Waals surface area contributed by atoms with Crippen LogP contribution in [0.1, 0.15) is 12.6 Å². The minimum atomic E-state index is 0.796. The van der Waals surface area contributed by atoms with Crippen LogP contribution in [-0.2, 0) is 6.42 Å². The number of aromatic nitrogens is 3. The van der Waals surface area contributed by atoms with Gasteiger partial charge in [-0.3, -0.25) is 0 Å². The van der Waals surface area contributed by atoms with Crippen molar-refractivity contribution < 1.29 is 4.74 Å². The average Bonchev–Trinajstić information content (AvgIpc) is 3.13. The standard InChI is InChI=1S/C20H18N4O/c1-2-15-14-20(24-19(22-15)12-13-21-24)23-16-8-10-18(11-9-16)25-17-6-4-3-5-7-17/h3-14,23H,2H2,1H3. The van der Waals surface area contributed by atoms with E-state index in [2.05, 4.69) is 22.3 Å². The molecule has 2 aromatic heterocycles. The van der Waals surface area contributed by atoms with Crippen LogP contribution in [-0.4, -0.2) is 14.6 Å². The maximum Gasteiger partial charge on any atom is 0.157 e. The van der Waals surface area contributed by atoms with Crippen molar-refractivity contribution >= 4 is 17.2 Å². The lowest BCUT2D eigenvalue weighted by Gasteiger charge is -2.11. The van der Waals surface area contributed by atoms with Gasteiger partial charge in [0.25, 0.3) is 0 Å². The van der Waals surface area contributed by atoms with Gasteiger partial charge in [-0.2, -0.15) is 9.61 Å². The molecule has 4 aromatic rings. The van der Waals surface area contributed by atoms with Gasteiger partial charge >= 0.3 is 0 Å². The number of hydrogen-bond acceptors (Lipinski definition) is 4. The average molecular weight is 330 g/mol. The Labute approximate surface area is 145 Å². The van der Waals surface area contributed by atoms with Crippen LogP contribution < -0.4 is 10.1 Å². The van der Waals surface area contributed by atoms with Crippen LogP contribution in [0.3, 0.4) is 0 Å². The molecule has 0 amide bonds. The summed E-state index contributed by atoms with van der Waals surface area (Å²) in [4.78, 5) is 4.56. The second kappa shape index (κ2) is 6.65. The van der Waals surface area contributed by atoms with Crippen molar-refractivity contribution in [3.63, 3.8) is 0 Å². The molecular formula is C20H18N4O. The number of nitrogens with one attached hydrogen (secondary N) is 1. The minimum absolute atomic E-state index is 0.796. The number of benzene rings is 2. The summed E-state index contributed by atoms with van der Waals surface area (Å²) in [6.45, 7) is 2.09. The Hall–Kier alpha value is -3.34. The third-order valence-corrected chi connectivity index (χ3v) is 3.88. The maximum atomic E-state index is 5.82. The number of fused-ring (bicyclic) bond motifs is 1. The number of hydrogen-bond donors (Lipinski definition) is 1. The van der Waals surface area contributed by atoms with E-state index in [1.807, 2.05) is 66.7 Å². The van der Waals surface area contributed by atoms with Gasteiger partial charge in [0, 0.05) is 23.5 Å². The van der Waals surface area contributed by atoms with E-state index in [0.717, 1.165) is 40.8 Å². The fourth-order valence-electron chi connectivity index (χ4n) is 2.61. The zero-order chi connectivity index (χ0) is 17.1. The quantitative estimate of drug-likeness (QED) is 0.569. The van der Waals surface area contributed by atoms with Gasteiger partial charge in [-0.05, 0) is 42.8 Å². The summed E-state index contributed by atoms with van der Waals surface area (Å²) >= 11 is 0. The Bertz CT molecular complexity index is 978. The Balaban J connectivity index is 1.56. The highest BCUT2D eigenvalue weighted by molar-refractivity contribution is 5.60. The van der Waals surface area contributed by atoms with E-state index >= 15 is 0 Å². The molecule has 0 saturated carbocycles. The van der Waals surface area contributed by atoms with Crippen LogP contribution in [0.4, 0.5) is 11.5 Å². The molecular weight excluding hydrogens is 312 g/mol. The largest absolute Gasteiger partial charge is 0.457 e. The lowest BCUT2D eigenvalue weighted by molar-refractivity contribution is 0.483. The van der Waals surface area contributed by atoms with Gasteiger partial charge in [0.1, 0.15) is 17.3 Å². The zero-order valence-corrected chi connectivity index (χ0v) is 13.9. The van der Waals surface area contributed by atoms with Crippen molar-refractivity contribution in [3.05, 3.63) is 78.6 Å². The van der Waals surface area contributed by atoms with Crippen molar-refractivity contribution in [1.29, 1.82) is 0 Å². The molecule has 4 rings (SSSR count). The van der Waals surface area contributed by atoms with Crippen molar-refractivity contribution in [1.82, 2.24) is 14.6 Å². The van der Waals surface area contributed by atoms with Crippen LogP contribution in [0.15, 0.2) is 72.9 Å². The molecule has 0 bridgehead atoms. The Kier molecular flexibility index (Phi) is 4.04. The van der Waals surface area contributed by atoms with E-state index in [0.29, 0.717) is 0 Å². The van der Waals surface area contributed by atoms with Crippen molar-refractivity contribution in [2.75, 3.05) is 5.32 Å². The van der Waals surface area contributed by atoms with Crippen molar-refractivity contribution in [2.45, 2.75) is 13.3 Å². The van der Waals surface area contributed by atoms with E-state index in [1.165, 1.54) is 0 Å². The topological polar surface area (TPSA) is 51.5 Å². The minimum Gasteiger partial charge on any atom is -0.457 e. The Morgan fingerprint density at radius 2 is 1.72 bits per heavy atom. The van der Waals surface area contributed by atoms with Gasteiger partial charge in [0.05, 0.1) is 6.20 Å². The van der Waals surface area contributed by atoms with E-state index in [-0.39, 0.29) is 0 Å². The number of anilines is 2. The molecule has 5 heteroatoms. The van der Waals surface area contributed by atoms with Crippen LogP contribution in [0, 0.1) is 0 Å². The normalized spacial score (nSPS) is 10.8. The first-order valence-electron chi connectivity index (χ1n) is 8.25. The fraction of sp³-hybridized carbons (Fsp3) is 0.100. The molecule has 0 saturated heterocycles. The summed E-state index contributed by atoms with van der Waals surface area (Å²) in [5, 5.41) is 7.73. The second-order valence-electron chi connectivity index (χ2n) is 5.65. The first-order valence-corrected chi connectivity index (χ1v) is 8.25. The number of ether oxygens (including phenoxy) is 1. The van der Waals surface area contributed by atoms with Gasteiger partial charge in [-0.1, -0.05) is 25.1 Å². The second-order valence-corrected chi connectivity index (χ2v) is 5.65. The smallest absolute Gasteiger partial charge is 0.157 e. The lowest BCUT2D eigenvalue weighted by atomic mass is 10.2. The molecule has 2 aromatic carbocycles. The van der Waals surface area contributed by atoms with E-state index in [1.54, 1.807) is 10.7 Å². The number of nitrogens with zero attached hydrogens (tertiary/aromatic N) is 3. The maximum absolute atomic E-state index is 5.82. The summed E-state index contributed by atoms with van der Waals surface area (Å²) < 4.78 is 7.62.